The van der Waals surface area contributed by atoms with Gasteiger partial charge in [-0.05, 0) is 30.7 Å². The fraction of sp³-hybridized carbons (Fsp3) is 0.250. The topological polar surface area (TPSA) is 58.0 Å². The van der Waals surface area contributed by atoms with Gasteiger partial charge < -0.3 is 10.1 Å². The molecule has 0 aliphatic heterocycles. The van der Waals surface area contributed by atoms with Crippen molar-refractivity contribution in [2.24, 2.45) is 0 Å². The predicted molar refractivity (Wildman–Crippen MR) is 81.9 cm³/mol. The van der Waals surface area contributed by atoms with Gasteiger partial charge in [-0.1, -0.05) is 19.1 Å². The van der Waals surface area contributed by atoms with Gasteiger partial charge >= 0.3 is 0 Å². The minimum Gasteiger partial charge on any atom is -0.497 e. The van der Waals surface area contributed by atoms with Crippen molar-refractivity contribution < 1.29 is 4.74 Å². The van der Waals surface area contributed by atoms with Crippen LogP contribution in [0.1, 0.15) is 24.5 Å². The van der Waals surface area contributed by atoms with Crippen LogP contribution in [0.5, 0.6) is 5.75 Å². The highest BCUT2D eigenvalue weighted by Crippen LogP contribution is 2.20. The van der Waals surface area contributed by atoms with Crippen molar-refractivity contribution in [2.45, 2.75) is 13.3 Å². The van der Waals surface area contributed by atoms with Crippen LogP contribution in [-0.4, -0.2) is 24.4 Å². The van der Waals surface area contributed by atoms with Crippen molar-refractivity contribution in [3.63, 3.8) is 0 Å². The number of anilines is 1. The molecule has 104 valence electrons. The van der Waals surface area contributed by atoms with Gasteiger partial charge in [-0.2, -0.15) is 0 Å². The van der Waals surface area contributed by atoms with Crippen LogP contribution in [0, 0.1) is 5.41 Å². The molecule has 2 rings (SSSR count). The van der Waals surface area contributed by atoms with Gasteiger partial charge in [0, 0.05) is 23.9 Å². The van der Waals surface area contributed by atoms with Gasteiger partial charge in [0.15, 0.2) is 0 Å². The monoisotopic (exact) mass is 269 g/mol. The number of nitrogens with zero attached hydrogens (tertiary/aromatic N) is 1. The summed E-state index contributed by atoms with van der Waals surface area (Å²) < 4.78 is 5.21. The molecule has 0 aliphatic carbocycles. The molecule has 1 heterocycles. The summed E-state index contributed by atoms with van der Waals surface area (Å²) in [6.07, 6.45) is 2.75. The minimum atomic E-state index is 0.440. The maximum absolute atomic E-state index is 8.38. The first-order valence-electron chi connectivity index (χ1n) is 6.68. The minimum absolute atomic E-state index is 0.440. The smallest absolute Gasteiger partial charge is 0.135 e. The van der Waals surface area contributed by atoms with Gasteiger partial charge in [0.25, 0.3) is 0 Å². The lowest BCUT2D eigenvalue weighted by Crippen LogP contribution is -2.10. The fourth-order valence-corrected chi connectivity index (χ4v) is 1.93. The Labute approximate surface area is 119 Å². The first-order chi connectivity index (χ1) is 9.76. The summed E-state index contributed by atoms with van der Waals surface area (Å²) >= 11 is 0. The summed E-state index contributed by atoms with van der Waals surface area (Å²) in [5.41, 5.74) is 2.06. The molecule has 0 atom stereocenters. The maximum Gasteiger partial charge on any atom is 0.135 e. The standard InChI is InChI=1S/C16H19N3O/c1-3-9-18-16-14(8-5-10-19-16)15(17)12-6-4-7-13(11-12)20-2/h4-8,10-11,17H,3,9H2,1-2H3,(H,18,19). The summed E-state index contributed by atoms with van der Waals surface area (Å²) in [5, 5.41) is 11.6. The van der Waals surface area contributed by atoms with Crippen LogP contribution in [-0.2, 0) is 0 Å². The summed E-state index contributed by atoms with van der Waals surface area (Å²) in [4.78, 5) is 4.32. The van der Waals surface area contributed by atoms with Crippen LogP contribution >= 0.6 is 0 Å². The van der Waals surface area contributed by atoms with Crippen LogP contribution < -0.4 is 10.1 Å². The summed E-state index contributed by atoms with van der Waals surface area (Å²) in [6.45, 7) is 2.94. The van der Waals surface area contributed by atoms with Crippen LogP contribution in [0.2, 0.25) is 0 Å². The number of nitrogens with one attached hydrogen (secondary N) is 2. The number of pyridine rings is 1. The molecule has 0 aliphatic rings. The Morgan fingerprint density at radius 1 is 1.30 bits per heavy atom. The van der Waals surface area contributed by atoms with Crippen molar-refractivity contribution in [3.8, 4) is 5.75 Å². The molecular formula is C16H19N3O. The lowest BCUT2D eigenvalue weighted by Gasteiger charge is -2.12. The van der Waals surface area contributed by atoms with E-state index in [4.69, 9.17) is 10.1 Å². The highest BCUT2D eigenvalue weighted by atomic mass is 16.5. The van der Waals surface area contributed by atoms with E-state index in [-0.39, 0.29) is 0 Å². The molecule has 4 heteroatoms. The Morgan fingerprint density at radius 3 is 2.90 bits per heavy atom. The van der Waals surface area contributed by atoms with Gasteiger partial charge in [0.05, 0.1) is 12.8 Å². The Hall–Kier alpha value is -2.36. The lowest BCUT2D eigenvalue weighted by atomic mass is 10.0. The number of methoxy groups -OCH3 is 1. The van der Waals surface area contributed by atoms with E-state index in [0.717, 1.165) is 35.7 Å². The van der Waals surface area contributed by atoms with Crippen molar-refractivity contribution in [1.82, 2.24) is 4.98 Å². The molecule has 2 N–H and O–H groups in total. The van der Waals surface area contributed by atoms with Crippen LogP contribution in [0.4, 0.5) is 5.82 Å². The molecule has 2 aromatic rings. The molecule has 1 aromatic carbocycles. The molecule has 0 spiro atoms. The molecule has 20 heavy (non-hydrogen) atoms. The van der Waals surface area contributed by atoms with Gasteiger partial charge in [0.2, 0.25) is 0 Å². The number of benzene rings is 1. The predicted octanol–water partition coefficient (Wildman–Crippen LogP) is 3.33. The third kappa shape index (κ3) is 3.15. The van der Waals surface area contributed by atoms with E-state index < -0.39 is 0 Å². The Kier molecular flexibility index (Phi) is 4.71. The molecule has 0 bridgehead atoms. The van der Waals surface area contributed by atoms with E-state index >= 15 is 0 Å². The second kappa shape index (κ2) is 6.70. The number of rotatable bonds is 6. The number of ether oxygens (including phenoxy) is 1. The molecule has 1 aromatic heterocycles. The summed E-state index contributed by atoms with van der Waals surface area (Å²) in [7, 11) is 1.63. The van der Waals surface area contributed by atoms with E-state index in [1.54, 1.807) is 13.3 Å². The van der Waals surface area contributed by atoms with Crippen molar-refractivity contribution in [1.29, 1.82) is 5.41 Å². The lowest BCUT2D eigenvalue weighted by molar-refractivity contribution is 0.414. The number of hydrogen-bond donors (Lipinski definition) is 2. The van der Waals surface area contributed by atoms with E-state index in [0.29, 0.717) is 5.71 Å². The van der Waals surface area contributed by atoms with E-state index in [9.17, 15) is 0 Å². The quantitative estimate of drug-likeness (QED) is 0.791. The summed E-state index contributed by atoms with van der Waals surface area (Å²) in [6, 6.07) is 11.3. The maximum atomic E-state index is 8.38. The zero-order chi connectivity index (χ0) is 14.4. The Balaban J connectivity index is 2.32. The molecule has 0 unspecified atom stereocenters. The molecule has 0 fully saturated rings. The zero-order valence-electron chi connectivity index (χ0n) is 11.8. The Bertz CT molecular complexity index is 596. The van der Waals surface area contributed by atoms with Crippen molar-refractivity contribution in [3.05, 3.63) is 53.7 Å². The van der Waals surface area contributed by atoms with Gasteiger partial charge in [0.1, 0.15) is 11.6 Å². The second-order valence-electron chi connectivity index (χ2n) is 4.43. The first kappa shape index (κ1) is 14.1. The van der Waals surface area contributed by atoms with E-state index in [2.05, 4.69) is 17.2 Å². The van der Waals surface area contributed by atoms with Crippen molar-refractivity contribution >= 4 is 11.5 Å². The Morgan fingerprint density at radius 2 is 2.15 bits per heavy atom. The average Bonchev–Trinajstić information content (AvgIpc) is 2.52. The summed E-state index contributed by atoms with van der Waals surface area (Å²) in [5.74, 6) is 1.50. The van der Waals surface area contributed by atoms with Gasteiger partial charge in [-0.25, -0.2) is 4.98 Å². The highest BCUT2D eigenvalue weighted by Gasteiger charge is 2.11. The number of hydrogen-bond acceptors (Lipinski definition) is 4. The largest absolute Gasteiger partial charge is 0.497 e. The van der Waals surface area contributed by atoms with E-state index in [1.807, 2.05) is 36.4 Å². The molecule has 0 amide bonds. The molecule has 0 saturated heterocycles. The number of aromatic nitrogens is 1. The SMILES string of the molecule is CCCNc1ncccc1C(=N)c1cccc(OC)c1. The van der Waals surface area contributed by atoms with Crippen LogP contribution in [0.25, 0.3) is 0 Å². The third-order valence-corrected chi connectivity index (χ3v) is 2.98. The average molecular weight is 269 g/mol. The van der Waals surface area contributed by atoms with Gasteiger partial charge in [-0.15, -0.1) is 0 Å². The zero-order valence-corrected chi connectivity index (χ0v) is 11.8. The normalized spacial score (nSPS) is 10.1. The van der Waals surface area contributed by atoms with Crippen LogP contribution in [0.15, 0.2) is 42.6 Å². The molecular weight excluding hydrogens is 250 g/mol. The molecule has 0 radical (unpaired) electrons. The molecule has 4 nitrogen and oxygen atoms in total. The third-order valence-electron chi connectivity index (χ3n) is 2.98. The fourth-order valence-electron chi connectivity index (χ4n) is 1.93. The van der Waals surface area contributed by atoms with Crippen LogP contribution in [0.3, 0.4) is 0 Å². The molecule has 0 saturated carbocycles. The van der Waals surface area contributed by atoms with E-state index in [1.165, 1.54) is 0 Å². The first-order valence-corrected chi connectivity index (χ1v) is 6.68. The highest BCUT2D eigenvalue weighted by molar-refractivity contribution is 6.13. The van der Waals surface area contributed by atoms with Crippen molar-refractivity contribution in [2.75, 3.05) is 19.0 Å². The van der Waals surface area contributed by atoms with Gasteiger partial charge in [-0.3, -0.25) is 5.41 Å². The second-order valence-corrected chi connectivity index (χ2v) is 4.43.